The minimum Gasteiger partial charge on any atom is -0.346 e. The number of benzene rings is 2. The monoisotopic (exact) mass is 512 g/mol. The number of aromatic nitrogens is 2. The summed E-state index contributed by atoms with van der Waals surface area (Å²) in [6.45, 7) is 2.43. The zero-order valence-electron chi connectivity index (χ0n) is 18.9. The highest BCUT2D eigenvalue weighted by Crippen LogP contribution is 2.36. The van der Waals surface area contributed by atoms with Crippen LogP contribution in [-0.4, -0.2) is 40.2 Å². The lowest BCUT2D eigenvalue weighted by Crippen LogP contribution is -2.32. The molecule has 0 aliphatic carbocycles. The summed E-state index contributed by atoms with van der Waals surface area (Å²) in [5.41, 5.74) is -4.01. The zero-order chi connectivity index (χ0) is 26.1. The van der Waals surface area contributed by atoms with Crippen molar-refractivity contribution in [2.75, 3.05) is 19.6 Å². The van der Waals surface area contributed by atoms with Crippen LogP contribution >= 0.6 is 0 Å². The Balaban J connectivity index is 1.61. The van der Waals surface area contributed by atoms with Crippen LogP contribution in [0.2, 0.25) is 0 Å². The fourth-order valence-electron chi connectivity index (χ4n) is 4.18. The minimum absolute atomic E-state index is 0.0396. The lowest BCUT2D eigenvalue weighted by Gasteiger charge is -2.17. The van der Waals surface area contributed by atoms with Crippen molar-refractivity contribution >= 4 is 16.7 Å². The molecule has 2 aromatic carbocycles. The molecule has 6 nitrogen and oxygen atoms in total. The first-order chi connectivity index (χ1) is 16.9. The number of halogens is 6. The van der Waals surface area contributed by atoms with E-state index in [0.717, 1.165) is 25.9 Å². The van der Waals surface area contributed by atoms with Crippen LogP contribution in [0.4, 0.5) is 26.3 Å². The minimum atomic E-state index is -5.07. The molecule has 1 aliphatic heterocycles. The number of alkyl halides is 6. The Bertz CT molecular complexity index is 1290. The molecule has 3 aromatic rings. The maximum Gasteiger partial charge on any atom is 0.416 e. The number of nitrogens with one attached hydrogen (secondary N) is 1. The van der Waals surface area contributed by atoms with Gasteiger partial charge in [0.2, 0.25) is 0 Å². The van der Waals surface area contributed by atoms with E-state index in [1.807, 2.05) is 0 Å². The third-order valence-electron chi connectivity index (χ3n) is 6.04. The molecule has 12 heteroatoms. The second kappa shape index (κ2) is 9.92. The molecular weight excluding hydrogens is 490 g/mol. The van der Waals surface area contributed by atoms with Crippen LogP contribution in [0, 0.1) is 0 Å². The number of fused-ring (bicyclic) bond motifs is 1. The first-order valence-corrected chi connectivity index (χ1v) is 11.2. The molecule has 4 rings (SSSR count). The van der Waals surface area contributed by atoms with Gasteiger partial charge >= 0.3 is 12.4 Å². The van der Waals surface area contributed by atoms with Crippen molar-refractivity contribution in [3.8, 4) is 0 Å². The van der Waals surface area contributed by atoms with Crippen molar-refractivity contribution in [1.29, 1.82) is 0 Å². The molecular formula is C24H22F6N4O2. The molecule has 0 saturated carbocycles. The smallest absolute Gasteiger partial charge is 0.346 e. The van der Waals surface area contributed by atoms with E-state index in [9.17, 15) is 35.9 Å². The molecule has 1 amide bonds. The fraction of sp³-hybridized carbons (Fsp3) is 0.375. The first kappa shape index (κ1) is 25.7. The summed E-state index contributed by atoms with van der Waals surface area (Å²) in [7, 11) is 0. The molecule has 0 spiro atoms. The average molecular weight is 512 g/mol. The van der Waals surface area contributed by atoms with E-state index < -0.39 is 35.0 Å². The van der Waals surface area contributed by atoms with E-state index in [1.54, 1.807) is 24.3 Å². The van der Waals surface area contributed by atoms with Gasteiger partial charge in [0.1, 0.15) is 0 Å². The summed E-state index contributed by atoms with van der Waals surface area (Å²) in [4.78, 5) is 27.7. The quantitative estimate of drug-likeness (QED) is 0.496. The van der Waals surface area contributed by atoms with Gasteiger partial charge in [-0.15, -0.1) is 0 Å². The zero-order valence-corrected chi connectivity index (χ0v) is 18.9. The number of carbonyl (C=O) groups excluding carboxylic acids is 1. The van der Waals surface area contributed by atoms with E-state index in [0.29, 0.717) is 36.0 Å². The molecule has 1 aromatic heterocycles. The Morgan fingerprint density at radius 3 is 2.06 bits per heavy atom. The highest BCUT2D eigenvalue weighted by atomic mass is 19.4. The molecule has 1 aliphatic rings. The van der Waals surface area contributed by atoms with Gasteiger partial charge < -0.3 is 10.2 Å². The number of likely N-dealkylation sites (tertiary alicyclic amines) is 1. The van der Waals surface area contributed by atoms with Gasteiger partial charge in [-0.3, -0.25) is 9.59 Å². The third-order valence-corrected chi connectivity index (χ3v) is 6.04. The number of hydrogen-bond donors (Lipinski definition) is 1. The largest absolute Gasteiger partial charge is 0.416 e. The second-order valence-electron chi connectivity index (χ2n) is 8.55. The summed E-state index contributed by atoms with van der Waals surface area (Å²) in [5, 5.41) is 7.46. The van der Waals surface area contributed by atoms with E-state index in [-0.39, 0.29) is 23.9 Å². The lowest BCUT2D eigenvalue weighted by molar-refractivity contribution is -0.143. The molecule has 192 valence electrons. The predicted octanol–water partition coefficient (Wildman–Crippen LogP) is 4.46. The van der Waals surface area contributed by atoms with Crippen LogP contribution in [-0.2, 0) is 25.4 Å². The molecule has 36 heavy (non-hydrogen) atoms. The topological polar surface area (TPSA) is 67.2 Å². The summed E-state index contributed by atoms with van der Waals surface area (Å²) < 4.78 is 80.2. The molecule has 1 N–H and O–H groups in total. The average Bonchev–Trinajstić information content (AvgIpc) is 3.35. The van der Waals surface area contributed by atoms with E-state index >= 15 is 0 Å². The van der Waals surface area contributed by atoms with Gasteiger partial charge in [0, 0.05) is 17.5 Å². The molecule has 0 atom stereocenters. The summed E-state index contributed by atoms with van der Waals surface area (Å²) in [6, 6.07) is 7.23. The Kier molecular flexibility index (Phi) is 7.07. The normalized spacial score (nSPS) is 14.9. The highest BCUT2D eigenvalue weighted by Gasteiger charge is 2.37. The Hall–Kier alpha value is -3.41. The molecule has 1 fully saturated rings. The number of rotatable bonds is 6. The molecule has 2 heterocycles. The van der Waals surface area contributed by atoms with Crippen LogP contribution in [0.25, 0.3) is 10.8 Å². The maximum absolute atomic E-state index is 13.1. The third kappa shape index (κ3) is 5.69. The number of hydrogen-bond acceptors (Lipinski definition) is 4. The first-order valence-electron chi connectivity index (χ1n) is 11.2. The highest BCUT2D eigenvalue weighted by molar-refractivity contribution is 5.95. The molecule has 0 bridgehead atoms. The van der Waals surface area contributed by atoms with Crippen LogP contribution in [0.15, 0.2) is 47.3 Å². The van der Waals surface area contributed by atoms with Crippen LogP contribution in [0.3, 0.4) is 0 Å². The molecule has 0 radical (unpaired) electrons. The van der Waals surface area contributed by atoms with E-state index in [4.69, 9.17) is 0 Å². The Morgan fingerprint density at radius 1 is 0.889 bits per heavy atom. The van der Waals surface area contributed by atoms with E-state index in [2.05, 4.69) is 15.3 Å². The Labute approximate surface area is 201 Å². The summed E-state index contributed by atoms with van der Waals surface area (Å²) >= 11 is 0. The van der Waals surface area contributed by atoms with Crippen molar-refractivity contribution in [2.45, 2.75) is 38.3 Å². The SMILES string of the molecule is O=C(NCc1nn(CCN2CCCC2)c(=O)c2ccccc12)c1cc(C(F)(F)F)cc(C(F)(F)F)c1. The van der Waals surface area contributed by atoms with Gasteiger partial charge in [0.15, 0.2) is 0 Å². The van der Waals surface area contributed by atoms with Gasteiger partial charge in [-0.2, -0.15) is 31.4 Å². The standard InChI is InChI=1S/C24H22F6N4O2/c25-23(26,27)16-11-15(12-17(13-16)24(28,29)30)21(35)31-14-20-18-5-1-2-6-19(18)22(36)34(32-20)10-9-33-7-3-4-8-33/h1-2,5-6,11-13H,3-4,7-10,14H2,(H,31,35). The van der Waals surface area contributed by atoms with Crippen molar-refractivity contribution in [2.24, 2.45) is 0 Å². The van der Waals surface area contributed by atoms with Crippen LogP contribution < -0.4 is 10.9 Å². The number of amides is 1. The van der Waals surface area contributed by atoms with Gasteiger partial charge in [-0.1, -0.05) is 18.2 Å². The van der Waals surface area contributed by atoms with Gasteiger partial charge in [-0.25, -0.2) is 4.68 Å². The van der Waals surface area contributed by atoms with Crippen molar-refractivity contribution < 1.29 is 31.1 Å². The van der Waals surface area contributed by atoms with Crippen molar-refractivity contribution in [1.82, 2.24) is 20.0 Å². The summed E-state index contributed by atoms with van der Waals surface area (Å²) in [6.07, 6.45) is -8.00. The van der Waals surface area contributed by atoms with E-state index in [1.165, 1.54) is 4.68 Å². The fourth-order valence-corrected chi connectivity index (χ4v) is 4.18. The maximum atomic E-state index is 13.1. The Morgan fingerprint density at radius 2 is 1.47 bits per heavy atom. The lowest BCUT2D eigenvalue weighted by atomic mass is 10.0. The number of carbonyl (C=O) groups is 1. The van der Waals surface area contributed by atoms with Crippen LogP contribution in [0.5, 0.6) is 0 Å². The van der Waals surface area contributed by atoms with Crippen molar-refractivity contribution in [3.05, 3.63) is 75.2 Å². The number of nitrogens with zero attached hydrogens (tertiary/aromatic N) is 3. The summed E-state index contributed by atoms with van der Waals surface area (Å²) in [5.74, 6) is -1.13. The van der Waals surface area contributed by atoms with Crippen LogP contribution in [0.1, 0.15) is 40.0 Å². The predicted molar refractivity (Wildman–Crippen MR) is 119 cm³/mol. The molecule has 1 saturated heterocycles. The second-order valence-corrected chi connectivity index (χ2v) is 8.55. The van der Waals surface area contributed by atoms with Gasteiger partial charge in [0.25, 0.3) is 11.5 Å². The molecule has 0 unspecified atom stereocenters. The van der Waals surface area contributed by atoms with Gasteiger partial charge in [-0.05, 0) is 50.2 Å². The van der Waals surface area contributed by atoms with Crippen molar-refractivity contribution in [3.63, 3.8) is 0 Å². The van der Waals surface area contributed by atoms with Gasteiger partial charge in [0.05, 0.1) is 35.3 Å².